The monoisotopic (exact) mass is 849 g/mol. The summed E-state index contributed by atoms with van der Waals surface area (Å²) in [5.41, 5.74) is 18.2. The Labute approximate surface area is 385 Å². The molecule has 0 bridgehead atoms. The molecule has 7 aromatic carbocycles. The van der Waals surface area contributed by atoms with Crippen molar-refractivity contribution >= 4 is 11.0 Å². The predicted octanol–water partition coefficient (Wildman–Crippen LogP) is 16.2. The summed E-state index contributed by atoms with van der Waals surface area (Å²) < 4.78 is 2.29. The number of nitrogens with zero attached hydrogens (tertiary/aromatic N) is 3. The topological polar surface area (TPSA) is 50.9 Å². The number of pyridine rings is 1. The van der Waals surface area contributed by atoms with Crippen LogP contribution in [0.2, 0.25) is 0 Å². The van der Waals surface area contributed by atoms with E-state index in [9.17, 15) is 5.11 Å². The molecule has 0 saturated carbocycles. The van der Waals surface area contributed by atoms with Crippen LogP contribution in [0.4, 0.5) is 0 Å². The lowest BCUT2D eigenvalue weighted by molar-refractivity contribution is 0.446. The van der Waals surface area contributed by atoms with Crippen LogP contribution < -0.4 is 0 Å². The third-order valence-electron chi connectivity index (χ3n) is 12.5. The highest BCUT2D eigenvalue weighted by molar-refractivity contribution is 5.98. The summed E-state index contributed by atoms with van der Waals surface area (Å²) in [7, 11) is 0. The van der Waals surface area contributed by atoms with Crippen LogP contribution in [0.15, 0.2) is 170 Å². The Morgan fingerprint density at radius 1 is 0.538 bits per heavy atom. The van der Waals surface area contributed by atoms with E-state index in [0.717, 1.165) is 90.0 Å². The van der Waals surface area contributed by atoms with Gasteiger partial charge in [0.15, 0.2) is 0 Å². The fourth-order valence-electron chi connectivity index (χ4n) is 9.03. The Morgan fingerprint density at radius 3 is 1.88 bits per heavy atom. The normalized spacial score (nSPS) is 12.0. The molecule has 9 rings (SSSR count). The van der Waals surface area contributed by atoms with E-state index in [-0.39, 0.29) is 16.6 Å². The number of aromatic nitrogens is 3. The minimum absolute atomic E-state index is 0.183. The van der Waals surface area contributed by atoms with Gasteiger partial charge in [0.2, 0.25) is 0 Å². The molecule has 0 unspecified atom stereocenters. The minimum atomic E-state index is -0.325. The minimum Gasteiger partial charge on any atom is -0.507 e. The van der Waals surface area contributed by atoms with Gasteiger partial charge in [0.05, 0.1) is 28.0 Å². The van der Waals surface area contributed by atoms with Crippen molar-refractivity contribution in [3.63, 3.8) is 0 Å². The smallest absolute Gasteiger partial charge is 0.149 e. The molecule has 1 N–H and O–H groups in total. The number of hydrogen-bond acceptors (Lipinski definition) is 3. The van der Waals surface area contributed by atoms with Crippen LogP contribution in [-0.2, 0) is 17.3 Å². The molecule has 65 heavy (non-hydrogen) atoms. The van der Waals surface area contributed by atoms with E-state index in [1.165, 1.54) is 11.1 Å². The van der Waals surface area contributed by atoms with Gasteiger partial charge >= 0.3 is 0 Å². The first-order valence-electron chi connectivity index (χ1n) is 23.0. The Hall–Kier alpha value is -7.04. The van der Waals surface area contributed by atoms with E-state index >= 15 is 0 Å². The summed E-state index contributed by atoms with van der Waals surface area (Å²) >= 11 is 0. The van der Waals surface area contributed by atoms with Gasteiger partial charge in [-0.3, -0.25) is 9.55 Å². The van der Waals surface area contributed by atoms with Crippen molar-refractivity contribution in [3.05, 3.63) is 192 Å². The fraction of sp³-hybridized carbons (Fsp3) is 0.213. The third kappa shape index (κ3) is 8.78. The molecule has 0 spiro atoms. The zero-order valence-electron chi connectivity index (χ0n) is 39.2. The SMILES string of the molecule is Cc1ccc(-c2ccnc(-c3cc(-c4ccccc4)cc(-c4cccc5c4nc(-c4cc(C(C)(C)C)cc(C(C)(C)C)c4O)n5-c4ccc(CC(C)C)cc4-c4ccccc4)c3)c2)cc1. The van der Waals surface area contributed by atoms with Gasteiger partial charge in [0, 0.05) is 28.5 Å². The standard InChI is InChI=1S/C61H59N3O/c1-39(2)31-41-25-28-55(51(32-41)44-19-14-11-15-20-44)64-56-22-16-21-50(57(56)63-59(64)52-37-49(60(4,5)6)38-53(58(52)65)61(7,8)9)47-33-46(42-17-12-10-13-18-42)34-48(35-47)54-36-45(29-30-62-54)43-26-23-40(3)24-27-43/h10-30,32-39,65H,31H2,1-9H3. The average molecular weight is 850 g/mol. The number of phenolic OH excluding ortho intramolecular Hbond substituents is 1. The number of hydrogen-bond donors (Lipinski definition) is 1. The number of fused-ring (bicyclic) bond motifs is 1. The first-order chi connectivity index (χ1) is 31.1. The molecule has 0 aliphatic rings. The van der Waals surface area contributed by atoms with Crippen LogP contribution in [0.25, 0.3) is 83.9 Å². The predicted molar refractivity (Wildman–Crippen MR) is 274 cm³/mol. The van der Waals surface area contributed by atoms with Crippen LogP contribution in [0.1, 0.15) is 77.6 Å². The Kier molecular flexibility index (Phi) is 11.4. The largest absolute Gasteiger partial charge is 0.507 e. The quantitative estimate of drug-likeness (QED) is 0.157. The van der Waals surface area contributed by atoms with E-state index in [2.05, 4.69) is 231 Å². The fourth-order valence-corrected chi connectivity index (χ4v) is 9.03. The number of benzene rings is 7. The first-order valence-corrected chi connectivity index (χ1v) is 23.0. The van der Waals surface area contributed by atoms with E-state index < -0.39 is 0 Å². The zero-order chi connectivity index (χ0) is 45.6. The molecule has 0 aliphatic carbocycles. The molecule has 4 nitrogen and oxygen atoms in total. The van der Waals surface area contributed by atoms with Crippen LogP contribution in [0.5, 0.6) is 5.75 Å². The van der Waals surface area contributed by atoms with E-state index in [4.69, 9.17) is 9.97 Å². The molecule has 0 atom stereocenters. The number of aromatic hydroxyl groups is 1. The van der Waals surface area contributed by atoms with Gasteiger partial charge in [0.25, 0.3) is 0 Å². The lowest BCUT2D eigenvalue weighted by Crippen LogP contribution is -2.17. The molecular weight excluding hydrogens is 791 g/mol. The van der Waals surface area contributed by atoms with Crippen molar-refractivity contribution in [1.82, 2.24) is 14.5 Å². The Balaban J connectivity index is 1.35. The highest BCUT2D eigenvalue weighted by atomic mass is 16.3. The molecule has 2 heterocycles. The van der Waals surface area contributed by atoms with Crippen LogP contribution in [0, 0.1) is 12.8 Å². The number of rotatable bonds is 9. The Bertz CT molecular complexity index is 3160. The zero-order valence-corrected chi connectivity index (χ0v) is 39.2. The average Bonchev–Trinajstić information content (AvgIpc) is 3.68. The second-order valence-electron chi connectivity index (χ2n) is 20.1. The maximum Gasteiger partial charge on any atom is 0.149 e. The highest BCUT2D eigenvalue weighted by Crippen LogP contribution is 2.46. The summed E-state index contributed by atoms with van der Waals surface area (Å²) in [6.45, 7) is 19.9. The van der Waals surface area contributed by atoms with Crippen LogP contribution >= 0.6 is 0 Å². The van der Waals surface area contributed by atoms with Gasteiger partial charge < -0.3 is 5.11 Å². The second-order valence-corrected chi connectivity index (χ2v) is 20.1. The molecular formula is C61H59N3O. The summed E-state index contributed by atoms with van der Waals surface area (Å²) in [6, 6.07) is 58.7. The van der Waals surface area contributed by atoms with E-state index in [0.29, 0.717) is 17.3 Å². The lowest BCUT2D eigenvalue weighted by Gasteiger charge is -2.27. The molecule has 9 aromatic rings. The summed E-state index contributed by atoms with van der Waals surface area (Å²) in [5, 5.41) is 12.6. The molecule has 0 amide bonds. The molecule has 0 saturated heterocycles. The van der Waals surface area contributed by atoms with Crippen LogP contribution in [0.3, 0.4) is 0 Å². The Morgan fingerprint density at radius 2 is 1.20 bits per heavy atom. The number of para-hydroxylation sites is 1. The van der Waals surface area contributed by atoms with Crippen molar-refractivity contribution < 1.29 is 5.11 Å². The molecule has 0 radical (unpaired) electrons. The van der Waals surface area contributed by atoms with Gasteiger partial charge in [-0.1, -0.05) is 170 Å². The van der Waals surface area contributed by atoms with Crippen LogP contribution in [-0.4, -0.2) is 19.6 Å². The molecule has 2 aromatic heterocycles. The van der Waals surface area contributed by atoms with Gasteiger partial charge in [-0.25, -0.2) is 4.98 Å². The summed E-state index contributed by atoms with van der Waals surface area (Å²) in [6.07, 6.45) is 2.88. The molecule has 0 aliphatic heterocycles. The van der Waals surface area contributed by atoms with Gasteiger partial charge in [-0.2, -0.15) is 0 Å². The first kappa shape index (κ1) is 43.2. The van der Waals surface area contributed by atoms with Crippen molar-refractivity contribution in [2.24, 2.45) is 5.92 Å². The van der Waals surface area contributed by atoms with Crippen molar-refractivity contribution in [2.75, 3.05) is 0 Å². The maximum absolute atomic E-state index is 12.6. The van der Waals surface area contributed by atoms with Gasteiger partial charge in [-0.05, 0) is 129 Å². The second kappa shape index (κ2) is 17.2. The number of aryl methyl sites for hydroxylation is 1. The van der Waals surface area contributed by atoms with Gasteiger partial charge in [0.1, 0.15) is 11.6 Å². The summed E-state index contributed by atoms with van der Waals surface area (Å²) in [5.74, 6) is 1.46. The van der Waals surface area contributed by atoms with E-state index in [1.54, 1.807) is 0 Å². The van der Waals surface area contributed by atoms with Crippen molar-refractivity contribution in [1.29, 1.82) is 0 Å². The van der Waals surface area contributed by atoms with Crippen molar-refractivity contribution in [2.45, 2.75) is 79.6 Å². The molecule has 4 heteroatoms. The number of phenols is 1. The molecule has 324 valence electrons. The number of imidazole rings is 1. The third-order valence-corrected chi connectivity index (χ3v) is 12.5. The van der Waals surface area contributed by atoms with Crippen molar-refractivity contribution in [3.8, 4) is 78.6 Å². The highest BCUT2D eigenvalue weighted by Gasteiger charge is 2.29. The lowest BCUT2D eigenvalue weighted by atomic mass is 9.79. The maximum atomic E-state index is 12.6. The summed E-state index contributed by atoms with van der Waals surface area (Å²) in [4.78, 5) is 10.7. The van der Waals surface area contributed by atoms with E-state index in [1.807, 2.05) is 6.20 Å². The van der Waals surface area contributed by atoms with Gasteiger partial charge in [-0.15, -0.1) is 0 Å². The molecule has 0 fully saturated rings.